The third kappa shape index (κ3) is 3.78. The standard InChI is InChI=1S/C15H17BrN2O/c1-10-6-7-15(19)14(18-10)9-17-11(2)12-4-3-5-13(16)8-12/h3-8,11,17,19H,9H2,1-2H3. The number of aromatic nitrogens is 1. The van der Waals surface area contributed by atoms with Crippen LogP contribution < -0.4 is 5.32 Å². The summed E-state index contributed by atoms with van der Waals surface area (Å²) in [4.78, 5) is 4.33. The first-order valence-corrected chi connectivity index (χ1v) is 7.00. The predicted molar refractivity (Wildman–Crippen MR) is 80.0 cm³/mol. The van der Waals surface area contributed by atoms with Crippen molar-refractivity contribution in [2.24, 2.45) is 0 Å². The molecule has 1 aromatic heterocycles. The van der Waals surface area contributed by atoms with Crippen LogP contribution in [0.2, 0.25) is 0 Å². The van der Waals surface area contributed by atoms with Crippen molar-refractivity contribution >= 4 is 15.9 Å². The number of nitrogens with one attached hydrogen (secondary N) is 1. The molecule has 0 bridgehead atoms. The molecule has 0 saturated carbocycles. The van der Waals surface area contributed by atoms with Crippen molar-refractivity contribution in [3.63, 3.8) is 0 Å². The van der Waals surface area contributed by atoms with Crippen LogP contribution in [0, 0.1) is 6.92 Å². The van der Waals surface area contributed by atoms with Gasteiger partial charge in [-0.3, -0.25) is 4.98 Å². The van der Waals surface area contributed by atoms with Crippen LogP contribution in [-0.2, 0) is 6.54 Å². The van der Waals surface area contributed by atoms with Crippen LogP contribution >= 0.6 is 15.9 Å². The van der Waals surface area contributed by atoms with Gasteiger partial charge < -0.3 is 10.4 Å². The van der Waals surface area contributed by atoms with Crippen LogP contribution in [0.4, 0.5) is 0 Å². The number of pyridine rings is 1. The van der Waals surface area contributed by atoms with Gasteiger partial charge in [-0.05, 0) is 43.7 Å². The van der Waals surface area contributed by atoms with Gasteiger partial charge in [0.05, 0.1) is 5.69 Å². The molecule has 1 unspecified atom stereocenters. The van der Waals surface area contributed by atoms with Crippen molar-refractivity contribution in [2.75, 3.05) is 0 Å². The molecule has 100 valence electrons. The van der Waals surface area contributed by atoms with Gasteiger partial charge in [0.1, 0.15) is 5.75 Å². The van der Waals surface area contributed by atoms with Crippen molar-refractivity contribution in [1.82, 2.24) is 10.3 Å². The second kappa shape index (κ2) is 6.17. The Morgan fingerprint density at radius 3 is 2.84 bits per heavy atom. The highest BCUT2D eigenvalue weighted by atomic mass is 79.9. The third-order valence-electron chi connectivity index (χ3n) is 3.01. The summed E-state index contributed by atoms with van der Waals surface area (Å²) in [6.07, 6.45) is 0. The SMILES string of the molecule is Cc1ccc(O)c(CNC(C)c2cccc(Br)c2)n1. The first-order chi connectivity index (χ1) is 9.06. The highest BCUT2D eigenvalue weighted by molar-refractivity contribution is 9.10. The summed E-state index contributed by atoms with van der Waals surface area (Å²) in [5.74, 6) is 0.236. The third-order valence-corrected chi connectivity index (χ3v) is 3.51. The molecule has 0 amide bonds. The lowest BCUT2D eigenvalue weighted by Crippen LogP contribution is -2.19. The lowest BCUT2D eigenvalue weighted by Gasteiger charge is -2.15. The summed E-state index contributed by atoms with van der Waals surface area (Å²) in [5, 5.41) is 13.1. The van der Waals surface area contributed by atoms with Crippen LogP contribution in [0.25, 0.3) is 0 Å². The molecule has 19 heavy (non-hydrogen) atoms. The van der Waals surface area contributed by atoms with E-state index in [1.54, 1.807) is 12.1 Å². The molecule has 0 radical (unpaired) electrons. The molecule has 0 spiro atoms. The van der Waals surface area contributed by atoms with Crippen LogP contribution in [0.3, 0.4) is 0 Å². The van der Waals surface area contributed by atoms with Crippen molar-refractivity contribution in [2.45, 2.75) is 26.4 Å². The fourth-order valence-corrected chi connectivity index (χ4v) is 2.29. The van der Waals surface area contributed by atoms with Crippen molar-refractivity contribution in [1.29, 1.82) is 0 Å². The number of aromatic hydroxyl groups is 1. The van der Waals surface area contributed by atoms with Gasteiger partial charge in [0.15, 0.2) is 0 Å². The smallest absolute Gasteiger partial charge is 0.138 e. The molecule has 3 nitrogen and oxygen atoms in total. The summed E-state index contributed by atoms with van der Waals surface area (Å²) in [7, 11) is 0. The lowest BCUT2D eigenvalue weighted by molar-refractivity contribution is 0.454. The molecule has 0 aliphatic rings. The number of nitrogens with zero attached hydrogens (tertiary/aromatic N) is 1. The molecule has 4 heteroatoms. The largest absolute Gasteiger partial charge is 0.506 e. The van der Waals surface area contributed by atoms with Gasteiger partial charge in [0.2, 0.25) is 0 Å². The van der Waals surface area contributed by atoms with Gasteiger partial charge in [0.25, 0.3) is 0 Å². The van der Waals surface area contributed by atoms with E-state index in [4.69, 9.17) is 0 Å². The molecule has 0 aliphatic heterocycles. The zero-order valence-electron chi connectivity index (χ0n) is 11.0. The van der Waals surface area contributed by atoms with E-state index < -0.39 is 0 Å². The van der Waals surface area contributed by atoms with E-state index in [1.807, 2.05) is 19.1 Å². The first kappa shape index (κ1) is 14.0. The second-order valence-electron chi connectivity index (χ2n) is 4.58. The number of halogens is 1. The van der Waals surface area contributed by atoms with Crippen LogP contribution in [0.5, 0.6) is 5.75 Å². The first-order valence-electron chi connectivity index (χ1n) is 6.20. The number of aryl methyl sites for hydroxylation is 1. The Morgan fingerprint density at radius 2 is 2.11 bits per heavy atom. The molecule has 0 aliphatic carbocycles. The summed E-state index contributed by atoms with van der Waals surface area (Å²) in [6.45, 7) is 4.55. The highest BCUT2D eigenvalue weighted by Crippen LogP contribution is 2.19. The Kier molecular flexibility index (Phi) is 4.56. The van der Waals surface area contributed by atoms with E-state index in [1.165, 1.54) is 5.56 Å². The minimum absolute atomic E-state index is 0.194. The van der Waals surface area contributed by atoms with Crippen LogP contribution in [0.15, 0.2) is 40.9 Å². The van der Waals surface area contributed by atoms with Gasteiger partial charge >= 0.3 is 0 Å². The number of rotatable bonds is 4. The van der Waals surface area contributed by atoms with E-state index in [0.717, 1.165) is 10.2 Å². The molecule has 1 aromatic carbocycles. The van der Waals surface area contributed by atoms with Crippen LogP contribution in [-0.4, -0.2) is 10.1 Å². The second-order valence-corrected chi connectivity index (χ2v) is 5.49. The Morgan fingerprint density at radius 1 is 1.32 bits per heavy atom. The van der Waals surface area contributed by atoms with Crippen molar-refractivity contribution in [3.8, 4) is 5.75 Å². The molecule has 1 heterocycles. The van der Waals surface area contributed by atoms with E-state index in [0.29, 0.717) is 12.2 Å². The number of hydrogen-bond donors (Lipinski definition) is 2. The monoisotopic (exact) mass is 320 g/mol. The normalized spacial score (nSPS) is 12.4. The lowest BCUT2D eigenvalue weighted by atomic mass is 10.1. The van der Waals surface area contributed by atoms with Gasteiger partial charge in [-0.15, -0.1) is 0 Å². The minimum Gasteiger partial charge on any atom is -0.506 e. The van der Waals surface area contributed by atoms with E-state index in [9.17, 15) is 5.11 Å². The zero-order valence-corrected chi connectivity index (χ0v) is 12.6. The molecular formula is C15H17BrN2O. The molecular weight excluding hydrogens is 304 g/mol. The average Bonchev–Trinajstić information content (AvgIpc) is 2.39. The maximum Gasteiger partial charge on any atom is 0.138 e. The Balaban J connectivity index is 2.04. The maximum absolute atomic E-state index is 9.75. The zero-order chi connectivity index (χ0) is 13.8. The Bertz CT molecular complexity index is 572. The van der Waals surface area contributed by atoms with Gasteiger partial charge in [0, 0.05) is 22.8 Å². The number of benzene rings is 1. The highest BCUT2D eigenvalue weighted by Gasteiger charge is 2.08. The minimum atomic E-state index is 0.194. The van der Waals surface area contributed by atoms with E-state index >= 15 is 0 Å². The Hall–Kier alpha value is -1.39. The van der Waals surface area contributed by atoms with Gasteiger partial charge in [-0.2, -0.15) is 0 Å². The maximum atomic E-state index is 9.75. The molecule has 2 aromatic rings. The van der Waals surface area contributed by atoms with Crippen LogP contribution in [0.1, 0.15) is 29.9 Å². The molecule has 0 fully saturated rings. The molecule has 2 N–H and O–H groups in total. The fourth-order valence-electron chi connectivity index (χ4n) is 1.88. The van der Waals surface area contributed by atoms with E-state index in [2.05, 4.69) is 45.3 Å². The Labute approximate surface area is 121 Å². The number of hydrogen-bond acceptors (Lipinski definition) is 3. The van der Waals surface area contributed by atoms with Gasteiger partial charge in [-0.25, -0.2) is 0 Å². The fraction of sp³-hybridized carbons (Fsp3) is 0.267. The van der Waals surface area contributed by atoms with Crippen molar-refractivity contribution < 1.29 is 5.11 Å². The summed E-state index contributed by atoms with van der Waals surface area (Å²) in [6, 6.07) is 11.9. The van der Waals surface area contributed by atoms with E-state index in [-0.39, 0.29) is 11.8 Å². The topological polar surface area (TPSA) is 45.1 Å². The quantitative estimate of drug-likeness (QED) is 0.902. The van der Waals surface area contributed by atoms with Crippen molar-refractivity contribution in [3.05, 3.63) is 57.8 Å². The molecule has 0 saturated heterocycles. The molecule has 2 rings (SSSR count). The average molecular weight is 321 g/mol. The molecule has 1 atom stereocenters. The van der Waals surface area contributed by atoms with Gasteiger partial charge in [-0.1, -0.05) is 28.1 Å². The summed E-state index contributed by atoms with van der Waals surface area (Å²) < 4.78 is 1.06. The summed E-state index contributed by atoms with van der Waals surface area (Å²) in [5.41, 5.74) is 2.79. The summed E-state index contributed by atoms with van der Waals surface area (Å²) >= 11 is 3.47. The predicted octanol–water partition coefficient (Wildman–Crippen LogP) is 3.71.